The number of aliphatic carboxylic acids is 1. The molecule has 1 N–H and O–H groups in total. The first-order valence-electron chi connectivity index (χ1n) is 6.05. The third-order valence-corrected chi connectivity index (χ3v) is 5.31. The van der Waals surface area contributed by atoms with Crippen molar-refractivity contribution in [2.24, 2.45) is 0 Å². The minimum atomic E-state index is -3.74. The largest absolute Gasteiger partial charge is 0.481 e. The van der Waals surface area contributed by atoms with Crippen molar-refractivity contribution in [2.75, 3.05) is 6.54 Å². The standard InChI is InChI=1S/C13H18BrNO4S/c1-13(2,3)15(8-7-12(16)17)20(18,19)11-6-4-5-10(14)9-11/h4-6,9H,7-8H2,1-3H3,(H,16,17). The zero-order valence-electron chi connectivity index (χ0n) is 11.6. The number of halogens is 1. The fraction of sp³-hybridized carbons (Fsp3) is 0.462. The predicted molar refractivity (Wildman–Crippen MR) is 80.0 cm³/mol. The zero-order valence-corrected chi connectivity index (χ0v) is 14.0. The van der Waals surface area contributed by atoms with Gasteiger partial charge in [0.25, 0.3) is 0 Å². The van der Waals surface area contributed by atoms with Gasteiger partial charge in [0.1, 0.15) is 0 Å². The Balaban J connectivity index is 3.21. The van der Waals surface area contributed by atoms with E-state index in [1.807, 2.05) is 0 Å². The number of rotatable bonds is 5. The lowest BCUT2D eigenvalue weighted by Crippen LogP contribution is -2.46. The van der Waals surface area contributed by atoms with Crippen molar-refractivity contribution in [3.05, 3.63) is 28.7 Å². The summed E-state index contributed by atoms with van der Waals surface area (Å²) in [6.07, 6.45) is -0.232. The van der Waals surface area contributed by atoms with E-state index in [1.54, 1.807) is 32.9 Å². The lowest BCUT2D eigenvalue weighted by atomic mass is 10.1. The lowest BCUT2D eigenvalue weighted by molar-refractivity contribution is -0.137. The van der Waals surface area contributed by atoms with Gasteiger partial charge in [0, 0.05) is 16.6 Å². The highest BCUT2D eigenvalue weighted by molar-refractivity contribution is 9.10. The number of hydrogen-bond acceptors (Lipinski definition) is 3. The maximum absolute atomic E-state index is 12.7. The van der Waals surface area contributed by atoms with Crippen LogP contribution < -0.4 is 0 Å². The fourth-order valence-corrected chi connectivity index (χ4v) is 4.15. The Bertz CT molecular complexity index is 593. The van der Waals surface area contributed by atoms with Crippen molar-refractivity contribution in [2.45, 2.75) is 37.6 Å². The highest BCUT2D eigenvalue weighted by atomic mass is 79.9. The third kappa shape index (κ3) is 4.29. The summed E-state index contributed by atoms with van der Waals surface area (Å²) in [5.41, 5.74) is -0.698. The number of hydrogen-bond donors (Lipinski definition) is 1. The zero-order chi connectivity index (χ0) is 15.6. The average molecular weight is 364 g/mol. The summed E-state index contributed by atoms with van der Waals surface area (Å²) in [6, 6.07) is 6.38. The van der Waals surface area contributed by atoms with E-state index in [0.717, 1.165) is 0 Å². The van der Waals surface area contributed by atoms with Gasteiger partial charge in [-0.15, -0.1) is 0 Å². The molecule has 0 saturated carbocycles. The Morgan fingerprint density at radius 2 is 1.95 bits per heavy atom. The van der Waals surface area contributed by atoms with Crippen LogP contribution in [0.1, 0.15) is 27.2 Å². The van der Waals surface area contributed by atoms with Crippen LogP contribution in [-0.4, -0.2) is 35.9 Å². The van der Waals surface area contributed by atoms with Gasteiger partial charge in [-0.3, -0.25) is 4.79 Å². The van der Waals surface area contributed by atoms with Crippen LogP contribution in [0.4, 0.5) is 0 Å². The van der Waals surface area contributed by atoms with Gasteiger partial charge in [0.15, 0.2) is 0 Å². The van der Waals surface area contributed by atoms with Crippen molar-refractivity contribution >= 4 is 31.9 Å². The first-order chi connectivity index (χ1) is 9.05. The Labute approximate surface area is 127 Å². The van der Waals surface area contributed by atoms with Gasteiger partial charge >= 0.3 is 5.97 Å². The van der Waals surface area contributed by atoms with Crippen LogP contribution in [0.15, 0.2) is 33.6 Å². The van der Waals surface area contributed by atoms with E-state index in [4.69, 9.17) is 5.11 Å². The molecule has 0 aliphatic carbocycles. The van der Waals surface area contributed by atoms with Crippen molar-refractivity contribution in [1.82, 2.24) is 4.31 Å². The number of carboxylic acids is 1. The van der Waals surface area contributed by atoms with Crippen LogP contribution in [0, 0.1) is 0 Å². The summed E-state index contributed by atoms with van der Waals surface area (Å²) in [6.45, 7) is 5.16. The molecule has 0 saturated heterocycles. The van der Waals surface area contributed by atoms with E-state index >= 15 is 0 Å². The van der Waals surface area contributed by atoms with Crippen LogP contribution >= 0.6 is 15.9 Å². The monoisotopic (exact) mass is 363 g/mol. The van der Waals surface area contributed by atoms with E-state index in [2.05, 4.69) is 15.9 Å². The Hall–Kier alpha value is -0.920. The van der Waals surface area contributed by atoms with Crippen LogP contribution in [0.5, 0.6) is 0 Å². The van der Waals surface area contributed by atoms with E-state index in [1.165, 1.54) is 16.4 Å². The van der Waals surface area contributed by atoms with E-state index in [9.17, 15) is 13.2 Å². The topological polar surface area (TPSA) is 74.7 Å². The number of carbonyl (C=O) groups is 1. The molecule has 112 valence electrons. The highest BCUT2D eigenvalue weighted by Crippen LogP contribution is 2.26. The molecule has 0 unspecified atom stereocenters. The van der Waals surface area contributed by atoms with E-state index < -0.39 is 21.5 Å². The maximum Gasteiger partial charge on any atom is 0.304 e. The molecule has 1 aromatic carbocycles. The molecule has 0 spiro atoms. The first-order valence-corrected chi connectivity index (χ1v) is 8.28. The summed E-state index contributed by atoms with van der Waals surface area (Å²) in [4.78, 5) is 10.9. The van der Waals surface area contributed by atoms with Crippen LogP contribution in [-0.2, 0) is 14.8 Å². The second-order valence-electron chi connectivity index (χ2n) is 5.35. The second kappa shape index (κ2) is 6.24. The number of carboxylic acid groups (broad SMARTS) is 1. The van der Waals surface area contributed by atoms with Crippen molar-refractivity contribution in [3.8, 4) is 0 Å². The van der Waals surface area contributed by atoms with Crippen LogP contribution in [0.3, 0.4) is 0 Å². The lowest BCUT2D eigenvalue weighted by Gasteiger charge is -2.34. The molecule has 0 radical (unpaired) electrons. The first kappa shape index (κ1) is 17.1. The van der Waals surface area contributed by atoms with Gasteiger partial charge in [-0.25, -0.2) is 8.42 Å². The van der Waals surface area contributed by atoms with E-state index in [0.29, 0.717) is 4.47 Å². The SMILES string of the molecule is CC(C)(C)N(CCC(=O)O)S(=O)(=O)c1cccc(Br)c1. The molecule has 20 heavy (non-hydrogen) atoms. The fourth-order valence-electron chi connectivity index (χ4n) is 1.77. The molecule has 5 nitrogen and oxygen atoms in total. The van der Waals surface area contributed by atoms with Crippen molar-refractivity contribution in [1.29, 1.82) is 0 Å². The highest BCUT2D eigenvalue weighted by Gasteiger charge is 2.34. The molecule has 0 aliphatic heterocycles. The quantitative estimate of drug-likeness (QED) is 0.872. The third-order valence-electron chi connectivity index (χ3n) is 2.66. The second-order valence-corrected chi connectivity index (χ2v) is 8.13. The Morgan fingerprint density at radius 1 is 1.35 bits per heavy atom. The normalized spacial score (nSPS) is 12.7. The Kier molecular flexibility index (Phi) is 5.34. The molecule has 0 atom stereocenters. The number of benzene rings is 1. The summed E-state index contributed by atoms with van der Waals surface area (Å²) in [5, 5.41) is 8.78. The molecule has 1 rings (SSSR count). The van der Waals surface area contributed by atoms with Gasteiger partial charge < -0.3 is 5.11 Å². The molecule has 0 aliphatic rings. The summed E-state index contributed by atoms with van der Waals surface area (Å²) in [7, 11) is -3.74. The molecule has 7 heteroatoms. The minimum Gasteiger partial charge on any atom is -0.481 e. The van der Waals surface area contributed by atoms with Gasteiger partial charge in [0.2, 0.25) is 10.0 Å². The molecule has 1 aromatic rings. The van der Waals surface area contributed by atoms with Gasteiger partial charge in [-0.05, 0) is 39.0 Å². The van der Waals surface area contributed by atoms with Crippen LogP contribution in [0.25, 0.3) is 0 Å². The summed E-state index contributed by atoms with van der Waals surface area (Å²) >= 11 is 3.24. The molecule has 0 amide bonds. The summed E-state index contributed by atoms with van der Waals surface area (Å²) < 4.78 is 27.2. The maximum atomic E-state index is 12.7. The molecule has 0 aromatic heterocycles. The smallest absolute Gasteiger partial charge is 0.304 e. The average Bonchev–Trinajstić information content (AvgIpc) is 2.26. The summed E-state index contributed by atoms with van der Waals surface area (Å²) in [5.74, 6) is -1.02. The Morgan fingerprint density at radius 3 is 2.40 bits per heavy atom. The number of sulfonamides is 1. The predicted octanol–water partition coefficient (Wildman–Crippen LogP) is 2.71. The molecular weight excluding hydrogens is 346 g/mol. The van der Waals surface area contributed by atoms with Gasteiger partial charge in [-0.2, -0.15) is 4.31 Å². The minimum absolute atomic E-state index is 0.0618. The van der Waals surface area contributed by atoms with Gasteiger partial charge in [0.05, 0.1) is 11.3 Å². The van der Waals surface area contributed by atoms with E-state index in [-0.39, 0.29) is 17.9 Å². The molecule has 0 fully saturated rings. The molecule has 0 heterocycles. The van der Waals surface area contributed by atoms with Crippen LogP contribution in [0.2, 0.25) is 0 Å². The van der Waals surface area contributed by atoms with Crippen molar-refractivity contribution < 1.29 is 18.3 Å². The number of nitrogens with zero attached hydrogens (tertiary/aromatic N) is 1. The van der Waals surface area contributed by atoms with Gasteiger partial charge in [-0.1, -0.05) is 22.0 Å². The molecular formula is C13H18BrNO4S. The molecule has 0 bridgehead atoms. The van der Waals surface area contributed by atoms with Crippen molar-refractivity contribution in [3.63, 3.8) is 0 Å².